The van der Waals surface area contributed by atoms with E-state index in [1.165, 1.54) is 6.42 Å². The van der Waals surface area contributed by atoms with Gasteiger partial charge in [0.25, 0.3) is 0 Å². The summed E-state index contributed by atoms with van der Waals surface area (Å²) in [7, 11) is 1.66. The van der Waals surface area contributed by atoms with Crippen LogP contribution in [0.25, 0.3) is 10.9 Å². The van der Waals surface area contributed by atoms with E-state index in [1.54, 1.807) is 13.3 Å². The van der Waals surface area contributed by atoms with Crippen LogP contribution >= 0.6 is 0 Å². The molecule has 5 rings (SSSR count). The fourth-order valence-corrected chi connectivity index (χ4v) is 4.77. The number of hydrogen-bond acceptors (Lipinski definition) is 5. The van der Waals surface area contributed by atoms with Gasteiger partial charge in [-0.3, -0.25) is 14.7 Å². The normalized spacial score (nSPS) is 24.6. The molecule has 4 N–H and O–H groups in total. The number of ether oxygens (including phenoxy) is 1. The molecule has 0 spiro atoms. The third-order valence-electron chi connectivity index (χ3n) is 6.56. The maximum absolute atomic E-state index is 11.2. The monoisotopic (exact) mass is 444 g/mol. The van der Waals surface area contributed by atoms with Crippen LogP contribution in [0.15, 0.2) is 43.1 Å². The predicted molar refractivity (Wildman–Crippen MR) is 126 cm³/mol. The molecule has 4 heterocycles. The smallest absolute Gasteiger partial charge is 0.303 e. The van der Waals surface area contributed by atoms with Crippen LogP contribution in [0.3, 0.4) is 0 Å². The lowest BCUT2D eigenvalue weighted by Crippen LogP contribution is -2.54. The Bertz CT molecular complexity index is 903. The van der Waals surface area contributed by atoms with Gasteiger partial charge in [-0.15, -0.1) is 6.58 Å². The Hall–Kier alpha value is -2.48. The van der Waals surface area contributed by atoms with Gasteiger partial charge < -0.3 is 20.4 Å². The van der Waals surface area contributed by atoms with Gasteiger partial charge in [-0.2, -0.15) is 0 Å². The summed E-state index contributed by atoms with van der Waals surface area (Å²) in [5.74, 6) is 1.31. The molecule has 1 aromatic carbocycles. The maximum atomic E-state index is 11.2. The van der Waals surface area contributed by atoms with Crippen molar-refractivity contribution in [2.45, 2.75) is 51.2 Å². The minimum Gasteiger partial charge on any atom is -0.497 e. The zero-order valence-corrected chi connectivity index (χ0v) is 19.0. The van der Waals surface area contributed by atoms with E-state index in [2.05, 4.69) is 22.5 Å². The highest BCUT2D eigenvalue weighted by Crippen LogP contribution is 2.42. The number of benzene rings is 1. The van der Waals surface area contributed by atoms with E-state index in [0.717, 1.165) is 54.6 Å². The Morgan fingerprint density at radius 1 is 1.41 bits per heavy atom. The van der Waals surface area contributed by atoms with Gasteiger partial charge >= 0.3 is 5.97 Å². The molecular weight excluding hydrogens is 408 g/mol. The number of nitrogens with zero attached hydrogens (tertiary/aromatic N) is 2. The van der Waals surface area contributed by atoms with Gasteiger partial charge in [-0.25, -0.2) is 0 Å². The molecule has 0 saturated carbocycles. The number of methoxy groups -OCH3 is 1. The number of carboxylic acids is 1. The first-order valence-electron chi connectivity index (χ1n) is 11.2. The van der Waals surface area contributed by atoms with Crippen LogP contribution in [-0.2, 0) is 4.79 Å². The topological polar surface area (TPSA) is 114 Å². The number of aliphatic hydroxyl groups excluding tert-OH is 1. The van der Waals surface area contributed by atoms with Gasteiger partial charge in [0.15, 0.2) is 0 Å². The molecule has 3 aliphatic heterocycles. The van der Waals surface area contributed by atoms with Crippen molar-refractivity contribution in [1.29, 1.82) is 0 Å². The van der Waals surface area contributed by atoms with Crippen LogP contribution in [0, 0.1) is 11.8 Å². The summed E-state index contributed by atoms with van der Waals surface area (Å²) in [6.07, 6.45) is 7.70. The lowest BCUT2D eigenvalue weighted by Gasteiger charge is -2.50. The summed E-state index contributed by atoms with van der Waals surface area (Å²) in [6.45, 7) is 8.04. The van der Waals surface area contributed by atoms with E-state index >= 15 is 0 Å². The van der Waals surface area contributed by atoms with Crippen molar-refractivity contribution in [2.24, 2.45) is 11.8 Å². The van der Waals surface area contributed by atoms with Crippen LogP contribution in [0.4, 0.5) is 0 Å². The fourth-order valence-electron chi connectivity index (χ4n) is 4.77. The van der Waals surface area contributed by atoms with E-state index in [9.17, 15) is 9.90 Å². The van der Waals surface area contributed by atoms with Crippen LogP contribution in [0.5, 0.6) is 5.75 Å². The molecule has 0 aliphatic carbocycles. The second-order valence-electron chi connectivity index (χ2n) is 8.47. The lowest BCUT2D eigenvalue weighted by atomic mass is 9.73. The number of rotatable bonds is 7. The zero-order valence-electron chi connectivity index (χ0n) is 19.0. The van der Waals surface area contributed by atoms with E-state index in [0.29, 0.717) is 18.3 Å². The molecule has 3 saturated heterocycles. The number of carboxylic acid groups (broad SMARTS) is 1. The SMILES string of the molecule is C=C[C@H]1CN2CC[C@H]1C[C@H]2[C@H](O)c1ccnc2ccc(OC)cc12.CCCCC(=O)O.O. The van der Waals surface area contributed by atoms with Crippen molar-refractivity contribution < 1.29 is 25.2 Å². The minimum absolute atomic E-state index is 0. The van der Waals surface area contributed by atoms with Gasteiger partial charge in [-0.1, -0.05) is 19.4 Å². The molecule has 7 heteroatoms. The Labute approximate surface area is 190 Å². The van der Waals surface area contributed by atoms with Crippen molar-refractivity contribution in [1.82, 2.24) is 9.88 Å². The third kappa shape index (κ3) is 5.85. The molecule has 7 nitrogen and oxygen atoms in total. The Kier molecular flexibility index (Phi) is 9.62. The summed E-state index contributed by atoms with van der Waals surface area (Å²) in [5.41, 5.74) is 1.85. The molecule has 0 radical (unpaired) electrons. The van der Waals surface area contributed by atoms with E-state index in [-0.39, 0.29) is 11.5 Å². The number of pyridine rings is 1. The van der Waals surface area contributed by atoms with Gasteiger partial charge in [0.2, 0.25) is 0 Å². The Morgan fingerprint density at radius 3 is 2.75 bits per heavy atom. The molecule has 1 aromatic heterocycles. The largest absolute Gasteiger partial charge is 0.497 e. The van der Waals surface area contributed by atoms with Crippen LogP contribution in [0.1, 0.15) is 50.7 Å². The average molecular weight is 445 g/mol. The summed E-state index contributed by atoms with van der Waals surface area (Å²) in [4.78, 5) is 16.6. The minimum atomic E-state index is -0.693. The van der Waals surface area contributed by atoms with Gasteiger partial charge in [-0.05, 0) is 67.5 Å². The average Bonchev–Trinajstić information content (AvgIpc) is 2.82. The zero-order chi connectivity index (χ0) is 22.4. The molecule has 1 unspecified atom stereocenters. The second-order valence-corrected chi connectivity index (χ2v) is 8.47. The van der Waals surface area contributed by atoms with Crippen LogP contribution in [-0.4, -0.2) is 57.8 Å². The van der Waals surface area contributed by atoms with E-state index < -0.39 is 12.1 Å². The molecule has 0 amide bonds. The number of fused-ring (bicyclic) bond motifs is 4. The van der Waals surface area contributed by atoms with Crippen molar-refractivity contribution >= 4 is 16.9 Å². The fraction of sp³-hybridized carbons (Fsp3) is 0.520. The quantitative estimate of drug-likeness (QED) is 0.631. The molecule has 2 bridgehead atoms. The second kappa shape index (κ2) is 11.9. The molecule has 2 aromatic rings. The van der Waals surface area contributed by atoms with E-state index in [4.69, 9.17) is 9.84 Å². The predicted octanol–water partition coefficient (Wildman–Crippen LogP) is 3.61. The number of aliphatic hydroxyl groups is 1. The van der Waals surface area contributed by atoms with Crippen molar-refractivity contribution in [2.75, 3.05) is 20.2 Å². The summed E-state index contributed by atoms with van der Waals surface area (Å²) < 4.78 is 5.35. The molecule has 5 atom stereocenters. The summed E-state index contributed by atoms with van der Waals surface area (Å²) in [6, 6.07) is 7.96. The first kappa shape index (κ1) is 25.8. The molecule has 3 fully saturated rings. The molecule has 3 aliphatic rings. The third-order valence-corrected chi connectivity index (χ3v) is 6.56. The lowest BCUT2D eigenvalue weighted by molar-refractivity contribution is -0.137. The first-order chi connectivity index (χ1) is 15.0. The van der Waals surface area contributed by atoms with Crippen molar-refractivity contribution in [3.63, 3.8) is 0 Å². The van der Waals surface area contributed by atoms with Crippen LogP contribution in [0.2, 0.25) is 0 Å². The first-order valence-corrected chi connectivity index (χ1v) is 11.2. The number of aliphatic carboxylic acids is 1. The molecule has 32 heavy (non-hydrogen) atoms. The number of piperidine rings is 3. The van der Waals surface area contributed by atoms with Gasteiger partial charge in [0.1, 0.15) is 5.75 Å². The Balaban J connectivity index is 0.000000398. The summed E-state index contributed by atoms with van der Waals surface area (Å²) >= 11 is 0. The van der Waals surface area contributed by atoms with Crippen LogP contribution < -0.4 is 4.74 Å². The Morgan fingerprint density at radius 2 is 2.19 bits per heavy atom. The van der Waals surface area contributed by atoms with Gasteiger partial charge in [0, 0.05) is 30.6 Å². The maximum Gasteiger partial charge on any atom is 0.303 e. The highest BCUT2D eigenvalue weighted by Gasteiger charge is 2.42. The number of carbonyl (C=O) groups is 1. The molecule has 176 valence electrons. The molecular formula is C25H36N2O5. The summed E-state index contributed by atoms with van der Waals surface area (Å²) in [5, 5.41) is 20.2. The van der Waals surface area contributed by atoms with Crippen molar-refractivity contribution in [3.05, 3.63) is 48.7 Å². The number of hydrogen-bond donors (Lipinski definition) is 2. The highest BCUT2D eigenvalue weighted by molar-refractivity contribution is 5.84. The van der Waals surface area contributed by atoms with E-state index in [1.807, 2.05) is 31.2 Å². The standard InChI is InChI=1S/C20H24N2O2.C5H10O2.H2O/c1-3-13-12-22-9-7-14(13)10-19(22)20(23)16-6-8-21-18-5-4-15(24-2)11-17(16)18;1-2-3-4-5(6)7;/h3-6,8,11,13-14,19-20,23H,1,7,9-10,12H2,2H3;2-4H2,1H3,(H,6,7);1H2/t13-,14-,19-,20+;;/m0../s1. The highest BCUT2D eigenvalue weighted by atomic mass is 16.5. The van der Waals surface area contributed by atoms with Crippen molar-refractivity contribution in [3.8, 4) is 5.75 Å². The number of aromatic nitrogens is 1. The van der Waals surface area contributed by atoms with Gasteiger partial charge in [0.05, 0.1) is 18.7 Å². The number of unbranched alkanes of at least 4 members (excludes halogenated alkanes) is 1.